The second-order valence-corrected chi connectivity index (χ2v) is 2.88. The van der Waals surface area contributed by atoms with Gasteiger partial charge in [0, 0.05) is 0 Å². The lowest BCUT2D eigenvalue weighted by Gasteiger charge is -1.93. The van der Waals surface area contributed by atoms with Gasteiger partial charge in [-0.25, -0.2) is 4.79 Å². The summed E-state index contributed by atoms with van der Waals surface area (Å²) in [6.45, 7) is 0. The van der Waals surface area contributed by atoms with E-state index >= 15 is 0 Å². The smallest absolute Gasteiger partial charge is 0.475 e. The molecule has 1 heterocycles. The van der Waals surface area contributed by atoms with E-state index in [9.17, 15) is 22.8 Å². The summed E-state index contributed by atoms with van der Waals surface area (Å²) >= 11 is 1.01. The second kappa shape index (κ2) is 4.84. The van der Waals surface area contributed by atoms with Crippen LogP contribution in [0, 0.1) is 0 Å². The maximum atomic E-state index is 10.6. The molecule has 0 bridgehead atoms. The normalized spacial score (nSPS) is 15.6. The summed E-state index contributed by atoms with van der Waals surface area (Å²) in [4.78, 5) is 29.1. The van der Waals surface area contributed by atoms with Crippen LogP contribution in [-0.2, 0) is 9.59 Å². The molecule has 14 heavy (non-hydrogen) atoms. The highest BCUT2D eigenvalue weighted by Crippen LogP contribution is 2.13. The van der Waals surface area contributed by atoms with E-state index in [-0.39, 0.29) is 11.1 Å². The number of carbonyl (C=O) groups is 3. The van der Waals surface area contributed by atoms with Crippen LogP contribution in [0.4, 0.5) is 18.0 Å². The third-order valence-electron chi connectivity index (χ3n) is 0.818. The zero-order valence-electron chi connectivity index (χ0n) is 6.42. The first kappa shape index (κ1) is 12.8. The maximum Gasteiger partial charge on any atom is 0.490 e. The summed E-state index contributed by atoms with van der Waals surface area (Å²) in [5.41, 5.74) is 0. The van der Waals surface area contributed by atoms with Gasteiger partial charge in [-0.05, 0) is 0 Å². The van der Waals surface area contributed by atoms with Crippen molar-refractivity contribution in [1.29, 1.82) is 0 Å². The van der Waals surface area contributed by atoms with Crippen LogP contribution in [0.2, 0.25) is 0 Å². The van der Waals surface area contributed by atoms with Gasteiger partial charge in [0.15, 0.2) is 0 Å². The highest BCUT2D eigenvalue weighted by molar-refractivity contribution is 8.14. The van der Waals surface area contributed by atoms with E-state index in [2.05, 4.69) is 5.32 Å². The van der Waals surface area contributed by atoms with E-state index in [1.807, 2.05) is 0 Å². The van der Waals surface area contributed by atoms with Gasteiger partial charge >= 0.3 is 12.1 Å². The summed E-state index contributed by atoms with van der Waals surface area (Å²) in [6, 6.07) is 0. The predicted octanol–water partition coefficient (Wildman–Crippen LogP) is 0.603. The first-order valence-corrected chi connectivity index (χ1v) is 3.98. The van der Waals surface area contributed by atoms with Crippen molar-refractivity contribution in [2.75, 3.05) is 5.75 Å². The molecule has 0 saturated carbocycles. The number of carbonyl (C=O) groups excluding carboxylic acids is 2. The molecular formula is C5H4F3NO4S. The third-order valence-corrected chi connectivity index (χ3v) is 1.59. The number of hydrogen-bond acceptors (Lipinski definition) is 4. The first-order valence-electron chi connectivity index (χ1n) is 3.00. The Bertz CT molecular complexity index is 250. The Morgan fingerprint density at radius 2 is 1.86 bits per heavy atom. The monoisotopic (exact) mass is 231 g/mol. The number of hydrogen-bond donors (Lipinski definition) is 2. The molecule has 0 atom stereocenters. The molecule has 0 spiro atoms. The van der Waals surface area contributed by atoms with Crippen LogP contribution in [-0.4, -0.2) is 34.2 Å². The molecule has 0 radical (unpaired) electrons. The number of carboxylic acids is 1. The number of halogens is 3. The molecule has 2 amide bonds. The summed E-state index contributed by atoms with van der Waals surface area (Å²) in [5, 5.41) is 9.00. The molecule has 2 N–H and O–H groups in total. The van der Waals surface area contributed by atoms with Gasteiger partial charge in [0.1, 0.15) is 0 Å². The quantitative estimate of drug-likeness (QED) is 0.637. The Labute approximate surface area is 79.6 Å². The Hall–Kier alpha value is -1.25. The predicted molar refractivity (Wildman–Crippen MR) is 39.7 cm³/mol. The standard InChI is InChI=1S/C3H3NO2S.C2HF3O2/c5-2-1-7-3(6)4-2;3-2(4,5)1(6)7/h1H2,(H,4,5,6);(H,6,7). The molecule has 1 saturated heterocycles. The van der Waals surface area contributed by atoms with Crippen LogP contribution in [0.15, 0.2) is 0 Å². The van der Waals surface area contributed by atoms with Crippen molar-refractivity contribution in [3.8, 4) is 0 Å². The summed E-state index contributed by atoms with van der Waals surface area (Å²) in [6.07, 6.45) is -5.08. The largest absolute Gasteiger partial charge is 0.490 e. The fourth-order valence-electron chi connectivity index (χ4n) is 0.317. The molecule has 0 unspecified atom stereocenters. The summed E-state index contributed by atoms with van der Waals surface area (Å²) in [5.74, 6) is -2.65. The van der Waals surface area contributed by atoms with E-state index in [4.69, 9.17) is 9.90 Å². The number of amides is 2. The van der Waals surface area contributed by atoms with E-state index in [0.717, 1.165) is 11.8 Å². The fourth-order valence-corrected chi connectivity index (χ4v) is 0.837. The molecule has 1 fully saturated rings. The lowest BCUT2D eigenvalue weighted by Crippen LogP contribution is -2.21. The second-order valence-electron chi connectivity index (χ2n) is 1.93. The maximum absolute atomic E-state index is 10.6. The SMILES string of the molecule is O=C(O)C(F)(F)F.O=C1CSC(=O)N1. The van der Waals surface area contributed by atoms with Crippen LogP contribution >= 0.6 is 11.8 Å². The highest BCUT2D eigenvalue weighted by atomic mass is 32.2. The lowest BCUT2D eigenvalue weighted by atomic mass is 10.7. The third kappa shape index (κ3) is 5.41. The minimum atomic E-state index is -5.08. The molecule has 1 rings (SSSR count). The Morgan fingerprint density at radius 3 is 1.93 bits per heavy atom. The number of alkyl halides is 3. The van der Waals surface area contributed by atoms with E-state index in [0.29, 0.717) is 5.75 Å². The molecule has 80 valence electrons. The molecule has 1 aliphatic rings. The minimum absolute atomic E-state index is 0.185. The zero-order chi connectivity index (χ0) is 11.4. The van der Waals surface area contributed by atoms with Gasteiger partial charge in [0.2, 0.25) is 5.91 Å². The number of carboxylic acid groups (broad SMARTS) is 1. The number of imide groups is 1. The Balaban J connectivity index is 0.000000241. The van der Waals surface area contributed by atoms with Gasteiger partial charge in [-0.2, -0.15) is 13.2 Å². The van der Waals surface area contributed by atoms with Crippen LogP contribution < -0.4 is 5.32 Å². The van der Waals surface area contributed by atoms with Gasteiger partial charge in [0.05, 0.1) is 5.75 Å². The van der Waals surface area contributed by atoms with Crippen LogP contribution in [0.3, 0.4) is 0 Å². The van der Waals surface area contributed by atoms with Crippen molar-refractivity contribution in [3.63, 3.8) is 0 Å². The first-order chi connectivity index (χ1) is 6.23. The van der Waals surface area contributed by atoms with Crippen molar-refractivity contribution in [1.82, 2.24) is 5.32 Å². The Kier molecular flexibility index (Phi) is 4.41. The fraction of sp³-hybridized carbons (Fsp3) is 0.400. The van der Waals surface area contributed by atoms with Gasteiger partial charge in [-0.15, -0.1) is 0 Å². The van der Waals surface area contributed by atoms with Crippen molar-refractivity contribution < 1.29 is 32.7 Å². The molecule has 0 aromatic rings. The molecule has 9 heteroatoms. The zero-order valence-corrected chi connectivity index (χ0v) is 7.24. The van der Waals surface area contributed by atoms with Crippen LogP contribution in [0.1, 0.15) is 0 Å². The summed E-state index contributed by atoms with van der Waals surface area (Å²) in [7, 11) is 0. The number of rotatable bonds is 0. The van der Waals surface area contributed by atoms with Crippen LogP contribution in [0.25, 0.3) is 0 Å². The Morgan fingerprint density at radius 1 is 1.43 bits per heavy atom. The topological polar surface area (TPSA) is 83.5 Å². The highest BCUT2D eigenvalue weighted by Gasteiger charge is 2.38. The van der Waals surface area contributed by atoms with Gasteiger partial charge in [0.25, 0.3) is 5.24 Å². The summed E-state index contributed by atoms with van der Waals surface area (Å²) < 4.78 is 31.7. The average molecular weight is 231 g/mol. The molecule has 1 aliphatic heterocycles. The lowest BCUT2D eigenvalue weighted by molar-refractivity contribution is -0.192. The molecule has 5 nitrogen and oxygen atoms in total. The number of aliphatic carboxylic acids is 1. The van der Waals surface area contributed by atoms with Gasteiger partial charge in [-0.3, -0.25) is 14.9 Å². The van der Waals surface area contributed by atoms with Crippen molar-refractivity contribution in [2.45, 2.75) is 6.18 Å². The molecule has 0 aliphatic carbocycles. The van der Waals surface area contributed by atoms with Gasteiger partial charge < -0.3 is 5.11 Å². The van der Waals surface area contributed by atoms with E-state index in [1.165, 1.54) is 0 Å². The molecule has 0 aromatic carbocycles. The van der Waals surface area contributed by atoms with Crippen molar-refractivity contribution in [2.24, 2.45) is 0 Å². The van der Waals surface area contributed by atoms with Crippen molar-refractivity contribution in [3.05, 3.63) is 0 Å². The van der Waals surface area contributed by atoms with E-state index < -0.39 is 12.1 Å². The molecular weight excluding hydrogens is 227 g/mol. The number of thioether (sulfide) groups is 1. The van der Waals surface area contributed by atoms with Crippen LogP contribution in [0.5, 0.6) is 0 Å². The minimum Gasteiger partial charge on any atom is -0.475 e. The molecule has 0 aromatic heterocycles. The van der Waals surface area contributed by atoms with E-state index in [1.54, 1.807) is 0 Å². The van der Waals surface area contributed by atoms with Gasteiger partial charge in [-0.1, -0.05) is 11.8 Å². The number of nitrogens with one attached hydrogen (secondary N) is 1. The van der Waals surface area contributed by atoms with Crippen molar-refractivity contribution >= 4 is 28.9 Å². The average Bonchev–Trinajstić information content (AvgIpc) is 2.33.